The molecule has 0 aliphatic carbocycles. The minimum atomic E-state index is 0.208. The number of para-hydroxylation sites is 1. The van der Waals surface area contributed by atoms with Crippen LogP contribution in [-0.4, -0.2) is 11.1 Å². The second-order valence-corrected chi connectivity index (χ2v) is 4.36. The largest absolute Gasteiger partial charge is 0.370 e. The molecular weight excluding hydrogens is 186 g/mol. The lowest BCUT2D eigenvalue weighted by atomic mass is 10.00. The van der Waals surface area contributed by atoms with Crippen LogP contribution in [0.3, 0.4) is 0 Å². The van der Waals surface area contributed by atoms with Crippen LogP contribution in [0, 0.1) is 0 Å². The minimum absolute atomic E-state index is 0.208. The molecule has 2 atom stereocenters. The fraction of sp³-hybridized carbons (Fsp3) is 0.385. The Labute approximate surface area is 89.3 Å². The van der Waals surface area contributed by atoms with E-state index in [1.54, 1.807) is 0 Å². The normalized spacial score (nSPS) is 25.5. The third-order valence-corrected chi connectivity index (χ3v) is 3.16. The van der Waals surface area contributed by atoms with E-state index in [1.165, 1.54) is 22.2 Å². The Bertz CT molecular complexity index is 500. The van der Waals surface area contributed by atoms with Crippen LogP contribution in [0.15, 0.2) is 24.3 Å². The summed E-state index contributed by atoms with van der Waals surface area (Å²) in [6.07, 6.45) is 1.52. The van der Waals surface area contributed by atoms with Gasteiger partial charge in [-0.25, -0.2) is 0 Å². The standard InChI is InChI=1S/C13H15NO/c1-8-7-12-13(9(2)15-8)10-5-3-4-6-11(10)14-12/h3-6,8-9,14H,7H2,1-2H3. The van der Waals surface area contributed by atoms with Gasteiger partial charge in [0.2, 0.25) is 0 Å². The van der Waals surface area contributed by atoms with Crippen molar-refractivity contribution in [3.05, 3.63) is 35.5 Å². The first-order valence-corrected chi connectivity index (χ1v) is 5.50. The van der Waals surface area contributed by atoms with Crippen molar-refractivity contribution in [3.63, 3.8) is 0 Å². The van der Waals surface area contributed by atoms with Crippen LogP contribution >= 0.6 is 0 Å². The molecule has 0 radical (unpaired) electrons. The molecule has 0 amide bonds. The Morgan fingerprint density at radius 3 is 2.93 bits per heavy atom. The Morgan fingerprint density at radius 2 is 2.07 bits per heavy atom. The summed E-state index contributed by atoms with van der Waals surface area (Å²) in [4.78, 5) is 3.50. The molecule has 2 nitrogen and oxygen atoms in total. The molecule has 0 saturated heterocycles. The van der Waals surface area contributed by atoms with E-state index < -0.39 is 0 Å². The van der Waals surface area contributed by atoms with Crippen molar-refractivity contribution in [1.82, 2.24) is 4.98 Å². The first-order chi connectivity index (χ1) is 7.25. The van der Waals surface area contributed by atoms with Gasteiger partial charge in [0.05, 0.1) is 12.2 Å². The molecule has 15 heavy (non-hydrogen) atoms. The average molecular weight is 201 g/mol. The highest BCUT2D eigenvalue weighted by Crippen LogP contribution is 2.35. The van der Waals surface area contributed by atoms with Gasteiger partial charge in [-0.2, -0.15) is 0 Å². The van der Waals surface area contributed by atoms with Crippen LogP contribution in [0.1, 0.15) is 31.2 Å². The van der Waals surface area contributed by atoms with Crippen molar-refractivity contribution in [2.45, 2.75) is 32.5 Å². The Balaban J connectivity index is 2.27. The Kier molecular flexibility index (Phi) is 1.86. The zero-order valence-electron chi connectivity index (χ0n) is 9.08. The lowest BCUT2D eigenvalue weighted by Crippen LogP contribution is -2.21. The highest BCUT2D eigenvalue weighted by Gasteiger charge is 2.25. The maximum atomic E-state index is 5.86. The SMILES string of the molecule is CC1Cc2[nH]c3ccccc3c2C(C)O1. The maximum absolute atomic E-state index is 5.86. The summed E-state index contributed by atoms with van der Waals surface area (Å²) in [5, 5.41) is 1.31. The molecule has 0 fully saturated rings. The minimum Gasteiger partial charge on any atom is -0.370 e. The molecule has 0 bridgehead atoms. The lowest BCUT2D eigenvalue weighted by Gasteiger charge is -2.25. The molecule has 1 aromatic carbocycles. The van der Waals surface area contributed by atoms with E-state index in [-0.39, 0.29) is 6.10 Å². The van der Waals surface area contributed by atoms with Gasteiger partial charge >= 0.3 is 0 Å². The van der Waals surface area contributed by atoms with Crippen molar-refractivity contribution < 1.29 is 4.74 Å². The Hall–Kier alpha value is -1.28. The second kappa shape index (κ2) is 3.11. The van der Waals surface area contributed by atoms with Gasteiger partial charge in [0.1, 0.15) is 0 Å². The third-order valence-electron chi connectivity index (χ3n) is 3.16. The zero-order valence-corrected chi connectivity index (χ0v) is 9.08. The molecule has 2 heterocycles. The smallest absolute Gasteiger partial charge is 0.0824 e. The second-order valence-electron chi connectivity index (χ2n) is 4.36. The fourth-order valence-electron chi connectivity index (χ4n) is 2.60. The molecule has 1 aliphatic rings. The van der Waals surface area contributed by atoms with Gasteiger partial charge < -0.3 is 9.72 Å². The molecule has 0 saturated carbocycles. The molecule has 1 N–H and O–H groups in total. The van der Waals surface area contributed by atoms with E-state index in [1.807, 2.05) is 0 Å². The van der Waals surface area contributed by atoms with E-state index in [0.29, 0.717) is 6.10 Å². The van der Waals surface area contributed by atoms with Crippen LogP contribution in [-0.2, 0) is 11.2 Å². The number of H-pyrrole nitrogens is 1. The van der Waals surface area contributed by atoms with Crippen LogP contribution in [0.4, 0.5) is 0 Å². The summed E-state index contributed by atoms with van der Waals surface area (Å²) in [5.74, 6) is 0. The molecule has 0 spiro atoms. The van der Waals surface area contributed by atoms with Crippen molar-refractivity contribution in [2.75, 3.05) is 0 Å². The summed E-state index contributed by atoms with van der Waals surface area (Å²) < 4.78 is 5.86. The van der Waals surface area contributed by atoms with Gasteiger partial charge in [0.15, 0.2) is 0 Å². The molecule has 2 unspecified atom stereocenters. The Morgan fingerprint density at radius 1 is 1.27 bits per heavy atom. The predicted molar refractivity (Wildman–Crippen MR) is 61.0 cm³/mol. The van der Waals surface area contributed by atoms with E-state index in [9.17, 15) is 0 Å². The number of benzene rings is 1. The first-order valence-electron chi connectivity index (χ1n) is 5.50. The zero-order chi connectivity index (χ0) is 10.4. The lowest BCUT2D eigenvalue weighted by molar-refractivity contribution is -0.00436. The monoisotopic (exact) mass is 201 g/mol. The van der Waals surface area contributed by atoms with Gasteiger partial charge in [0, 0.05) is 28.6 Å². The summed E-state index contributed by atoms with van der Waals surface area (Å²) in [6, 6.07) is 8.45. The van der Waals surface area contributed by atoms with Crippen molar-refractivity contribution >= 4 is 10.9 Å². The van der Waals surface area contributed by atoms with Gasteiger partial charge in [-0.3, -0.25) is 0 Å². The number of rotatable bonds is 0. The molecule has 1 aromatic heterocycles. The van der Waals surface area contributed by atoms with Gasteiger partial charge in [-0.15, -0.1) is 0 Å². The molecule has 1 aliphatic heterocycles. The number of nitrogens with one attached hydrogen (secondary N) is 1. The molecular formula is C13H15NO. The van der Waals surface area contributed by atoms with Gasteiger partial charge in [0.25, 0.3) is 0 Å². The quantitative estimate of drug-likeness (QED) is 0.695. The topological polar surface area (TPSA) is 25.0 Å². The van der Waals surface area contributed by atoms with Crippen molar-refractivity contribution in [2.24, 2.45) is 0 Å². The van der Waals surface area contributed by atoms with E-state index in [0.717, 1.165) is 6.42 Å². The van der Waals surface area contributed by atoms with E-state index in [2.05, 4.69) is 43.1 Å². The van der Waals surface area contributed by atoms with E-state index in [4.69, 9.17) is 4.74 Å². The van der Waals surface area contributed by atoms with Crippen LogP contribution in [0.2, 0.25) is 0 Å². The number of aromatic nitrogens is 1. The average Bonchev–Trinajstić information content (AvgIpc) is 2.54. The maximum Gasteiger partial charge on any atom is 0.0824 e. The summed E-state index contributed by atoms with van der Waals surface area (Å²) >= 11 is 0. The summed E-state index contributed by atoms with van der Waals surface area (Å²) in [7, 11) is 0. The highest BCUT2D eigenvalue weighted by atomic mass is 16.5. The molecule has 2 heteroatoms. The predicted octanol–water partition coefficient (Wildman–Crippen LogP) is 3.19. The van der Waals surface area contributed by atoms with Crippen molar-refractivity contribution in [1.29, 1.82) is 0 Å². The number of fused-ring (bicyclic) bond motifs is 3. The number of ether oxygens (including phenoxy) is 1. The highest BCUT2D eigenvalue weighted by molar-refractivity contribution is 5.85. The number of aromatic amines is 1. The van der Waals surface area contributed by atoms with E-state index >= 15 is 0 Å². The van der Waals surface area contributed by atoms with Crippen LogP contribution < -0.4 is 0 Å². The fourth-order valence-corrected chi connectivity index (χ4v) is 2.60. The number of hydrogen-bond acceptors (Lipinski definition) is 1. The van der Waals surface area contributed by atoms with Crippen LogP contribution in [0.25, 0.3) is 10.9 Å². The summed E-state index contributed by atoms with van der Waals surface area (Å²) in [5.41, 5.74) is 3.93. The molecule has 2 aromatic rings. The van der Waals surface area contributed by atoms with Crippen LogP contribution in [0.5, 0.6) is 0 Å². The first kappa shape index (κ1) is 8.98. The molecule has 3 rings (SSSR count). The summed E-state index contributed by atoms with van der Waals surface area (Å²) in [6.45, 7) is 4.26. The van der Waals surface area contributed by atoms with Gasteiger partial charge in [-0.1, -0.05) is 18.2 Å². The van der Waals surface area contributed by atoms with Crippen molar-refractivity contribution in [3.8, 4) is 0 Å². The number of hydrogen-bond donors (Lipinski definition) is 1. The van der Waals surface area contributed by atoms with Gasteiger partial charge in [-0.05, 0) is 19.9 Å². The molecule has 78 valence electrons. The third kappa shape index (κ3) is 1.29.